The molecule has 35 heavy (non-hydrogen) atoms. The van der Waals surface area contributed by atoms with Crippen molar-refractivity contribution < 1.29 is 19.1 Å². The maximum absolute atomic E-state index is 13.2. The van der Waals surface area contributed by atoms with E-state index >= 15 is 0 Å². The number of benzene rings is 1. The van der Waals surface area contributed by atoms with E-state index in [-0.39, 0.29) is 25.5 Å². The molecule has 3 heterocycles. The highest BCUT2D eigenvalue weighted by atomic mass is 35.5. The number of rotatable bonds is 9. The van der Waals surface area contributed by atoms with Crippen molar-refractivity contribution in [3.63, 3.8) is 0 Å². The van der Waals surface area contributed by atoms with E-state index in [1.165, 1.54) is 11.8 Å². The van der Waals surface area contributed by atoms with Crippen LogP contribution in [0.15, 0.2) is 76.0 Å². The third-order valence-corrected chi connectivity index (χ3v) is 6.56. The Morgan fingerprint density at radius 2 is 2.06 bits per heavy atom. The second kappa shape index (κ2) is 11.5. The molecule has 0 saturated heterocycles. The fraction of sp³-hybridized carbons (Fsp3) is 0.280. The van der Waals surface area contributed by atoms with Crippen molar-refractivity contribution in [1.29, 1.82) is 0 Å². The summed E-state index contributed by atoms with van der Waals surface area (Å²) >= 11 is 7.72. The molecule has 10 heteroatoms. The normalized spacial score (nSPS) is 17.0. The molecule has 1 atom stereocenters. The van der Waals surface area contributed by atoms with E-state index in [0.29, 0.717) is 28.0 Å². The number of carbonyl (C=O) groups excluding carboxylic acids is 2. The van der Waals surface area contributed by atoms with E-state index in [0.717, 1.165) is 17.0 Å². The Labute approximate surface area is 213 Å². The lowest BCUT2D eigenvalue weighted by Gasteiger charge is -2.36. The number of carbonyl (C=O) groups is 2. The minimum Gasteiger partial charge on any atom is -0.460 e. The number of nitrogens with zero attached hydrogens (tertiary/aromatic N) is 3. The second-order valence-corrected chi connectivity index (χ2v) is 9.12. The van der Waals surface area contributed by atoms with Gasteiger partial charge in [0, 0.05) is 24.0 Å². The first kappa shape index (κ1) is 25.0. The van der Waals surface area contributed by atoms with Gasteiger partial charge in [-0.3, -0.25) is 9.78 Å². The number of thioether (sulfide) groups is 1. The first-order valence-corrected chi connectivity index (χ1v) is 12.3. The van der Waals surface area contributed by atoms with Crippen LogP contribution in [0.4, 0.5) is 0 Å². The average molecular weight is 513 g/mol. The molecule has 182 valence electrons. The van der Waals surface area contributed by atoms with Gasteiger partial charge in [0.2, 0.25) is 5.91 Å². The highest BCUT2D eigenvalue weighted by Crippen LogP contribution is 2.45. The maximum Gasteiger partial charge on any atom is 0.338 e. The number of esters is 1. The molecule has 2 aromatic rings. The number of nitrogens with one attached hydrogen (secondary N) is 1. The van der Waals surface area contributed by atoms with Crippen molar-refractivity contribution in [1.82, 2.24) is 15.2 Å². The number of halogens is 1. The van der Waals surface area contributed by atoms with E-state index in [2.05, 4.69) is 15.3 Å². The summed E-state index contributed by atoms with van der Waals surface area (Å²) in [7, 11) is 1.54. The predicted molar refractivity (Wildman–Crippen MR) is 135 cm³/mol. The van der Waals surface area contributed by atoms with Crippen LogP contribution in [0.25, 0.3) is 0 Å². The molecule has 0 spiro atoms. The van der Waals surface area contributed by atoms with Crippen LogP contribution in [0.5, 0.6) is 0 Å². The molecule has 0 fully saturated rings. The summed E-state index contributed by atoms with van der Waals surface area (Å²) in [5.74, 6) is -0.646. The second-order valence-electron chi connectivity index (χ2n) is 7.85. The summed E-state index contributed by atoms with van der Waals surface area (Å²) in [6, 6.07) is 12.3. The molecule has 1 aromatic carbocycles. The maximum atomic E-state index is 13.2. The van der Waals surface area contributed by atoms with Gasteiger partial charge in [-0.1, -0.05) is 41.6 Å². The molecule has 8 nitrogen and oxygen atoms in total. The number of ether oxygens (including phenoxy) is 2. The van der Waals surface area contributed by atoms with E-state index in [4.69, 9.17) is 21.1 Å². The molecular weight excluding hydrogens is 488 g/mol. The van der Waals surface area contributed by atoms with E-state index in [1.807, 2.05) is 46.7 Å². The smallest absolute Gasteiger partial charge is 0.338 e. The quantitative estimate of drug-likeness (QED) is 0.397. The zero-order valence-electron chi connectivity index (χ0n) is 19.4. The van der Waals surface area contributed by atoms with Gasteiger partial charge in [-0.2, -0.15) is 0 Å². The van der Waals surface area contributed by atoms with Crippen LogP contribution < -0.4 is 5.32 Å². The van der Waals surface area contributed by atoms with E-state index < -0.39 is 12.0 Å². The lowest BCUT2D eigenvalue weighted by Crippen LogP contribution is -2.38. The molecule has 2 aliphatic rings. The van der Waals surface area contributed by atoms with Crippen LogP contribution in [0.1, 0.15) is 30.6 Å². The molecular formula is C25H25ClN4O4S. The largest absolute Gasteiger partial charge is 0.460 e. The highest BCUT2D eigenvalue weighted by molar-refractivity contribution is 8.16. The molecule has 0 unspecified atom stereocenters. The number of fused-ring (bicyclic) bond motifs is 1. The van der Waals surface area contributed by atoms with Crippen LogP contribution >= 0.6 is 23.4 Å². The minimum absolute atomic E-state index is 0.112. The van der Waals surface area contributed by atoms with Gasteiger partial charge in [0.15, 0.2) is 5.17 Å². The lowest BCUT2D eigenvalue weighted by atomic mass is 9.94. The molecule has 0 radical (unpaired) electrons. The Morgan fingerprint density at radius 3 is 2.80 bits per heavy atom. The molecule has 2 aliphatic heterocycles. The molecule has 0 bridgehead atoms. The van der Waals surface area contributed by atoms with Crippen molar-refractivity contribution in [3.8, 4) is 0 Å². The zero-order chi connectivity index (χ0) is 24.8. The third-order valence-electron chi connectivity index (χ3n) is 5.44. The van der Waals surface area contributed by atoms with Gasteiger partial charge >= 0.3 is 5.97 Å². The Morgan fingerprint density at radius 1 is 1.20 bits per heavy atom. The van der Waals surface area contributed by atoms with Crippen LogP contribution in [0, 0.1) is 0 Å². The number of aliphatic imine (C=N–C) groups is 1. The number of pyridine rings is 1. The first-order chi connectivity index (χ1) is 17.0. The number of aromatic nitrogens is 1. The minimum atomic E-state index is -0.541. The number of allylic oxidation sites excluding steroid dienone is 1. The molecule has 0 aliphatic carbocycles. The number of hydrogen-bond donors (Lipinski definition) is 1. The van der Waals surface area contributed by atoms with Crippen LogP contribution in [0.3, 0.4) is 0 Å². The van der Waals surface area contributed by atoms with Crippen LogP contribution in [-0.2, 0) is 25.6 Å². The summed E-state index contributed by atoms with van der Waals surface area (Å²) < 4.78 is 10.5. The van der Waals surface area contributed by atoms with Gasteiger partial charge in [-0.25, -0.2) is 9.79 Å². The van der Waals surface area contributed by atoms with Crippen molar-refractivity contribution in [2.45, 2.75) is 25.9 Å². The summed E-state index contributed by atoms with van der Waals surface area (Å²) in [5, 5.41) is 6.03. The van der Waals surface area contributed by atoms with E-state index in [1.54, 1.807) is 26.3 Å². The van der Waals surface area contributed by atoms with Gasteiger partial charge < -0.3 is 19.7 Å². The Balaban J connectivity index is 1.59. The predicted octanol–water partition coefficient (Wildman–Crippen LogP) is 4.21. The Hall–Kier alpha value is -3.14. The standard InChI is InChI=1S/C25H25ClN4O4S/c1-16-22(24(32)34-11-10-33-2)23(17-6-5-7-18(26)12-17)30-20(15-35-25(30)29-16)13-21(31)28-14-19-8-3-4-9-27-19/h3-9,12,15,23H,10-11,13-14H2,1-2H3,(H,28,31)/t23-/m1/s1. The van der Waals surface area contributed by atoms with Gasteiger partial charge in [0.1, 0.15) is 6.61 Å². The van der Waals surface area contributed by atoms with Crippen LogP contribution in [-0.4, -0.2) is 47.3 Å². The monoisotopic (exact) mass is 512 g/mol. The Bertz CT molecular complexity index is 1200. The topological polar surface area (TPSA) is 93.1 Å². The first-order valence-electron chi connectivity index (χ1n) is 11.0. The molecule has 1 N–H and O–H groups in total. The average Bonchev–Trinajstić information content (AvgIpc) is 3.24. The Kier molecular flexibility index (Phi) is 8.22. The summed E-state index contributed by atoms with van der Waals surface area (Å²) in [6.07, 6.45) is 1.80. The third kappa shape index (κ3) is 5.93. The fourth-order valence-corrected chi connectivity index (χ4v) is 5.00. The van der Waals surface area contributed by atoms with Gasteiger partial charge in [-0.15, -0.1) is 0 Å². The summed E-state index contributed by atoms with van der Waals surface area (Å²) in [4.78, 5) is 36.8. The summed E-state index contributed by atoms with van der Waals surface area (Å²) in [5.41, 5.74) is 3.25. The number of hydrogen-bond acceptors (Lipinski definition) is 8. The van der Waals surface area contributed by atoms with Gasteiger partial charge in [0.05, 0.1) is 42.6 Å². The molecule has 0 saturated carbocycles. The van der Waals surface area contributed by atoms with Crippen molar-refractivity contribution >= 4 is 40.4 Å². The van der Waals surface area contributed by atoms with Crippen molar-refractivity contribution in [3.05, 3.63) is 87.3 Å². The number of amides is 1. The van der Waals surface area contributed by atoms with Crippen LogP contribution in [0.2, 0.25) is 5.02 Å². The summed E-state index contributed by atoms with van der Waals surface area (Å²) in [6.45, 7) is 2.52. The lowest BCUT2D eigenvalue weighted by molar-refractivity contribution is -0.141. The van der Waals surface area contributed by atoms with Gasteiger partial charge in [-0.05, 0) is 42.2 Å². The molecule has 1 amide bonds. The van der Waals surface area contributed by atoms with Crippen molar-refractivity contribution in [2.75, 3.05) is 20.3 Å². The van der Waals surface area contributed by atoms with Gasteiger partial charge in [0.25, 0.3) is 0 Å². The highest BCUT2D eigenvalue weighted by Gasteiger charge is 2.41. The molecule has 1 aromatic heterocycles. The zero-order valence-corrected chi connectivity index (χ0v) is 20.9. The SMILES string of the molecule is COCCOC(=O)C1=C(C)N=C2SC=C(CC(=O)NCc3ccccn3)N2[C@@H]1c1cccc(Cl)c1. The number of amidine groups is 1. The molecule has 4 rings (SSSR count). The van der Waals surface area contributed by atoms with E-state index in [9.17, 15) is 9.59 Å². The number of methoxy groups -OCH3 is 1. The van der Waals surface area contributed by atoms with Crippen molar-refractivity contribution in [2.24, 2.45) is 4.99 Å². The fourth-order valence-electron chi connectivity index (χ4n) is 3.84.